The highest BCUT2D eigenvalue weighted by Crippen LogP contribution is 2.25. The van der Waals surface area contributed by atoms with E-state index in [1.165, 1.54) is 18.2 Å². The van der Waals surface area contributed by atoms with Gasteiger partial charge in [-0.1, -0.05) is 56.1 Å². The Kier molecular flexibility index (Phi) is 6.75. The zero-order valence-corrected chi connectivity index (χ0v) is 18.2. The molecule has 2 aromatic carbocycles. The first-order valence-electron chi connectivity index (χ1n) is 8.33. The number of carbonyl (C=O) groups excluding carboxylic acids is 1. The highest BCUT2D eigenvalue weighted by Gasteiger charge is 2.21. The summed E-state index contributed by atoms with van der Waals surface area (Å²) in [5, 5.41) is 7.05. The molecule has 0 heterocycles. The van der Waals surface area contributed by atoms with Crippen LogP contribution in [0.5, 0.6) is 0 Å². The van der Waals surface area contributed by atoms with Crippen molar-refractivity contribution < 1.29 is 13.2 Å². The van der Waals surface area contributed by atoms with Gasteiger partial charge in [0.05, 0.1) is 10.7 Å². The average Bonchev–Trinajstić information content (AvgIpc) is 2.61. The number of anilines is 1. The summed E-state index contributed by atoms with van der Waals surface area (Å²) in [5.74, 6) is -0.129. The van der Waals surface area contributed by atoms with E-state index in [-0.39, 0.29) is 20.8 Å². The van der Waals surface area contributed by atoms with Gasteiger partial charge in [0.2, 0.25) is 5.91 Å². The van der Waals surface area contributed by atoms with E-state index in [0.717, 1.165) is 0 Å². The molecule has 150 valence electrons. The predicted molar refractivity (Wildman–Crippen MR) is 114 cm³/mol. The van der Waals surface area contributed by atoms with Crippen molar-refractivity contribution in [1.29, 1.82) is 0 Å². The number of benzene rings is 2. The number of rotatable bonds is 5. The molecule has 2 N–H and O–H groups in total. The fourth-order valence-electron chi connectivity index (χ4n) is 2.07. The summed E-state index contributed by atoms with van der Waals surface area (Å²) in [4.78, 5) is 14.1. The number of hydrogen-bond donors (Lipinski definition) is 2. The number of nitrogens with zero attached hydrogens (tertiary/aromatic N) is 1. The molecule has 0 fully saturated rings. The molecule has 0 aliphatic heterocycles. The van der Waals surface area contributed by atoms with Crippen LogP contribution in [0.1, 0.15) is 33.3 Å². The molecule has 2 rings (SSSR count). The van der Waals surface area contributed by atoms with E-state index in [1.54, 1.807) is 31.2 Å². The first kappa shape index (κ1) is 22.2. The maximum Gasteiger partial charge on any atom is 0.278 e. The SMILES string of the molecule is C/C(=N/NS(=O)(=O)c1cc(Cl)ccc1Cl)c1cccc(NC(=O)C(C)(C)C)c1. The molecule has 0 radical (unpaired) electrons. The standard InChI is InChI=1S/C19H21Cl2N3O3S/c1-12(13-6-5-7-15(10-13)22-18(25)19(2,3)4)23-24-28(26,27)17-11-14(20)8-9-16(17)21/h5-11,24H,1-4H3,(H,22,25)/b23-12-. The van der Waals surface area contributed by atoms with Gasteiger partial charge in [0, 0.05) is 16.1 Å². The molecule has 0 aliphatic rings. The first-order valence-corrected chi connectivity index (χ1v) is 10.6. The molecule has 0 saturated heterocycles. The number of carbonyl (C=O) groups is 1. The summed E-state index contributed by atoms with van der Waals surface area (Å²) >= 11 is 11.8. The zero-order valence-electron chi connectivity index (χ0n) is 15.9. The Labute approximate surface area is 175 Å². The summed E-state index contributed by atoms with van der Waals surface area (Å²) in [6.07, 6.45) is 0. The van der Waals surface area contributed by atoms with Crippen molar-refractivity contribution >= 4 is 50.5 Å². The summed E-state index contributed by atoms with van der Waals surface area (Å²) < 4.78 is 24.9. The van der Waals surface area contributed by atoms with E-state index in [2.05, 4.69) is 15.2 Å². The summed E-state index contributed by atoms with van der Waals surface area (Å²) in [6.45, 7) is 7.09. The van der Waals surface area contributed by atoms with E-state index < -0.39 is 15.4 Å². The van der Waals surface area contributed by atoms with Crippen molar-refractivity contribution in [2.45, 2.75) is 32.6 Å². The molecule has 0 saturated carbocycles. The van der Waals surface area contributed by atoms with Crippen LogP contribution < -0.4 is 10.1 Å². The summed E-state index contributed by atoms with van der Waals surface area (Å²) in [7, 11) is -3.99. The molecular formula is C19H21Cl2N3O3S. The molecule has 0 aliphatic carbocycles. The van der Waals surface area contributed by atoms with Gasteiger partial charge >= 0.3 is 0 Å². The third-order valence-electron chi connectivity index (χ3n) is 3.74. The first-order chi connectivity index (χ1) is 12.9. The predicted octanol–water partition coefficient (Wildman–Crippen LogP) is 4.68. The van der Waals surface area contributed by atoms with Gasteiger partial charge in [0.15, 0.2) is 0 Å². The monoisotopic (exact) mass is 441 g/mol. The van der Waals surface area contributed by atoms with Crippen LogP contribution in [-0.4, -0.2) is 20.0 Å². The van der Waals surface area contributed by atoms with E-state index in [9.17, 15) is 13.2 Å². The Morgan fingerprint density at radius 1 is 1.07 bits per heavy atom. The normalized spacial score (nSPS) is 12.6. The summed E-state index contributed by atoms with van der Waals surface area (Å²) in [6, 6.07) is 11.1. The van der Waals surface area contributed by atoms with Crippen molar-refractivity contribution in [3.63, 3.8) is 0 Å². The number of hydrazone groups is 1. The molecular weight excluding hydrogens is 421 g/mol. The molecule has 0 bridgehead atoms. The van der Waals surface area contributed by atoms with E-state index in [4.69, 9.17) is 23.2 Å². The maximum atomic E-state index is 12.4. The van der Waals surface area contributed by atoms with Crippen LogP contribution in [0, 0.1) is 5.41 Å². The topological polar surface area (TPSA) is 87.6 Å². The van der Waals surface area contributed by atoms with Gasteiger partial charge in [-0.25, -0.2) is 0 Å². The molecule has 0 aromatic heterocycles. The van der Waals surface area contributed by atoms with Crippen LogP contribution in [0.25, 0.3) is 0 Å². The van der Waals surface area contributed by atoms with Gasteiger partial charge in [0.1, 0.15) is 4.90 Å². The van der Waals surface area contributed by atoms with Crippen LogP contribution in [0.3, 0.4) is 0 Å². The van der Waals surface area contributed by atoms with E-state index in [1.807, 2.05) is 20.8 Å². The number of sulfonamides is 1. The van der Waals surface area contributed by atoms with Crippen molar-refractivity contribution in [1.82, 2.24) is 4.83 Å². The van der Waals surface area contributed by atoms with Crippen molar-refractivity contribution in [3.05, 3.63) is 58.1 Å². The van der Waals surface area contributed by atoms with Gasteiger partial charge in [-0.3, -0.25) is 4.79 Å². The fraction of sp³-hybridized carbons (Fsp3) is 0.263. The Morgan fingerprint density at radius 3 is 2.39 bits per heavy atom. The van der Waals surface area contributed by atoms with Gasteiger partial charge in [0.25, 0.3) is 10.0 Å². The minimum Gasteiger partial charge on any atom is -0.326 e. The van der Waals surface area contributed by atoms with Gasteiger partial charge in [-0.15, -0.1) is 0 Å². The average molecular weight is 442 g/mol. The van der Waals surface area contributed by atoms with Crippen LogP contribution in [0.2, 0.25) is 10.0 Å². The minimum atomic E-state index is -3.99. The molecule has 0 unspecified atom stereocenters. The highest BCUT2D eigenvalue weighted by atomic mass is 35.5. The number of nitrogens with one attached hydrogen (secondary N) is 2. The van der Waals surface area contributed by atoms with Gasteiger partial charge < -0.3 is 5.32 Å². The van der Waals surface area contributed by atoms with Crippen LogP contribution in [-0.2, 0) is 14.8 Å². The molecule has 1 amide bonds. The fourth-order valence-corrected chi connectivity index (χ4v) is 3.69. The second-order valence-electron chi connectivity index (χ2n) is 7.15. The minimum absolute atomic E-state index is 0.0386. The molecule has 9 heteroatoms. The zero-order chi connectivity index (χ0) is 21.1. The molecule has 6 nitrogen and oxygen atoms in total. The van der Waals surface area contributed by atoms with Crippen molar-refractivity contribution in [3.8, 4) is 0 Å². The smallest absolute Gasteiger partial charge is 0.278 e. The van der Waals surface area contributed by atoms with Gasteiger partial charge in [-0.05, 0) is 42.8 Å². The van der Waals surface area contributed by atoms with E-state index in [0.29, 0.717) is 17.0 Å². The third-order valence-corrected chi connectivity index (χ3v) is 5.66. The molecule has 2 aromatic rings. The van der Waals surface area contributed by atoms with Gasteiger partial charge in [-0.2, -0.15) is 18.4 Å². The quantitative estimate of drug-likeness (QED) is 0.521. The highest BCUT2D eigenvalue weighted by molar-refractivity contribution is 7.89. The van der Waals surface area contributed by atoms with Crippen molar-refractivity contribution in [2.24, 2.45) is 10.5 Å². The Morgan fingerprint density at radius 2 is 1.75 bits per heavy atom. The van der Waals surface area contributed by atoms with Crippen molar-refractivity contribution in [2.75, 3.05) is 5.32 Å². The lowest BCUT2D eigenvalue weighted by Gasteiger charge is -2.18. The summed E-state index contributed by atoms with van der Waals surface area (Å²) in [5.41, 5.74) is 1.11. The largest absolute Gasteiger partial charge is 0.326 e. The lowest BCUT2D eigenvalue weighted by atomic mass is 9.95. The second-order valence-corrected chi connectivity index (χ2v) is 9.62. The Hall–Kier alpha value is -2.09. The van der Waals surface area contributed by atoms with Crippen LogP contribution in [0.15, 0.2) is 52.5 Å². The maximum absolute atomic E-state index is 12.4. The van der Waals surface area contributed by atoms with Crippen LogP contribution >= 0.6 is 23.2 Å². The lowest BCUT2D eigenvalue weighted by molar-refractivity contribution is -0.123. The van der Waals surface area contributed by atoms with E-state index >= 15 is 0 Å². The van der Waals surface area contributed by atoms with Crippen LogP contribution in [0.4, 0.5) is 5.69 Å². The molecule has 0 spiro atoms. The second kappa shape index (κ2) is 8.51. The Balaban J connectivity index is 2.23. The molecule has 0 atom stereocenters. The molecule has 28 heavy (non-hydrogen) atoms. The Bertz CT molecular complexity index is 1030. The number of halogens is 2. The third kappa shape index (κ3) is 5.70. The number of amides is 1. The lowest BCUT2D eigenvalue weighted by Crippen LogP contribution is -2.27. The number of hydrogen-bond acceptors (Lipinski definition) is 4.